The standard InChI is InChI=1S/C8H12N2O2.C2H5N3O2.CHNO/c11-7-9-5-3-1-2-4-6-10-8-12;3-1(6)5-2(4)7;2-1-3/h1-6H2;(H5,3,4,5,6,7);2H. The third-order valence-corrected chi connectivity index (χ3v) is 1.67. The van der Waals surface area contributed by atoms with Gasteiger partial charge in [-0.25, -0.2) is 39.4 Å². The minimum atomic E-state index is -0.938. The highest BCUT2D eigenvalue weighted by atomic mass is 16.2. The van der Waals surface area contributed by atoms with Crippen molar-refractivity contribution in [1.29, 1.82) is 5.41 Å². The van der Waals surface area contributed by atoms with E-state index in [2.05, 4.69) is 21.5 Å². The molecule has 0 heterocycles. The maximum absolute atomic E-state index is 9.63. The fourth-order valence-corrected chi connectivity index (χ4v) is 0.948. The SMILES string of the molecule is N=C=O.NC(=O)NC(N)=O.O=C=NCCCCCCN=C=O. The molecule has 0 aromatic rings. The van der Waals surface area contributed by atoms with E-state index in [4.69, 9.17) is 10.2 Å². The van der Waals surface area contributed by atoms with Crippen LogP contribution in [0.2, 0.25) is 0 Å². The molecule has 0 aliphatic heterocycles. The molecule has 0 radical (unpaired) electrons. The molecular formula is C11H18N6O5. The second kappa shape index (κ2) is 23.0. The molecule has 22 heavy (non-hydrogen) atoms. The molecular weight excluding hydrogens is 296 g/mol. The van der Waals surface area contributed by atoms with Crippen LogP contribution in [0.3, 0.4) is 0 Å². The third kappa shape index (κ3) is 43.6. The molecule has 11 heteroatoms. The Morgan fingerprint density at radius 1 is 0.864 bits per heavy atom. The number of unbranched alkanes of at least 4 members (excludes halogenated alkanes) is 3. The van der Waals surface area contributed by atoms with Gasteiger partial charge in [-0.1, -0.05) is 12.8 Å². The summed E-state index contributed by atoms with van der Waals surface area (Å²) in [6.07, 6.45) is 7.55. The number of hydrogen-bond donors (Lipinski definition) is 4. The normalized spacial score (nSPS) is 7.27. The Morgan fingerprint density at radius 3 is 1.36 bits per heavy atom. The molecule has 0 unspecified atom stereocenters. The predicted octanol–water partition coefficient (Wildman–Crippen LogP) is -0.147. The van der Waals surface area contributed by atoms with Gasteiger partial charge in [0.2, 0.25) is 18.2 Å². The summed E-state index contributed by atoms with van der Waals surface area (Å²) in [6.45, 7) is 1.11. The molecule has 6 N–H and O–H groups in total. The number of primary amides is 2. The van der Waals surface area contributed by atoms with Gasteiger partial charge in [-0.15, -0.1) is 0 Å². The number of carbonyl (C=O) groups excluding carboxylic acids is 5. The van der Waals surface area contributed by atoms with E-state index in [1.54, 1.807) is 5.32 Å². The number of imide groups is 1. The summed E-state index contributed by atoms with van der Waals surface area (Å²) >= 11 is 0. The van der Waals surface area contributed by atoms with Gasteiger partial charge in [0.15, 0.2) is 0 Å². The van der Waals surface area contributed by atoms with E-state index in [1.165, 1.54) is 12.2 Å². The second-order valence-electron chi connectivity index (χ2n) is 3.32. The molecule has 0 bridgehead atoms. The number of urea groups is 2. The minimum Gasteiger partial charge on any atom is -0.351 e. The minimum absolute atomic E-state index is 0.556. The topological polar surface area (TPSA) is 198 Å². The molecule has 0 fully saturated rings. The Hall–Kier alpha value is -3.12. The van der Waals surface area contributed by atoms with Crippen LogP contribution < -0.4 is 16.8 Å². The largest absolute Gasteiger partial charge is 0.351 e. The van der Waals surface area contributed by atoms with E-state index >= 15 is 0 Å². The Labute approximate surface area is 126 Å². The number of rotatable bonds is 7. The molecule has 0 aromatic heterocycles. The number of nitrogens with two attached hydrogens (primary N) is 2. The Kier molecular flexibility index (Phi) is 25.0. The summed E-state index contributed by atoms with van der Waals surface area (Å²) in [6, 6.07) is -1.88. The van der Waals surface area contributed by atoms with E-state index < -0.39 is 12.1 Å². The summed E-state index contributed by atoms with van der Waals surface area (Å²) in [7, 11) is 0. The predicted molar refractivity (Wildman–Crippen MR) is 75.2 cm³/mol. The van der Waals surface area contributed by atoms with E-state index in [9.17, 15) is 19.2 Å². The van der Waals surface area contributed by atoms with Gasteiger partial charge in [0.05, 0.1) is 13.1 Å². The summed E-state index contributed by atoms with van der Waals surface area (Å²) in [5, 5.41) is 6.99. The van der Waals surface area contributed by atoms with Crippen LogP contribution in [-0.2, 0) is 14.4 Å². The maximum atomic E-state index is 9.63. The van der Waals surface area contributed by atoms with Crippen LogP contribution in [0.15, 0.2) is 9.98 Å². The molecule has 0 saturated heterocycles. The second-order valence-corrected chi connectivity index (χ2v) is 3.32. The summed E-state index contributed by atoms with van der Waals surface area (Å²) in [5.74, 6) is 0. The van der Waals surface area contributed by atoms with Gasteiger partial charge in [0.25, 0.3) is 0 Å². The monoisotopic (exact) mass is 314 g/mol. The average molecular weight is 314 g/mol. The summed E-state index contributed by atoms with van der Waals surface area (Å²) in [4.78, 5) is 53.7. The van der Waals surface area contributed by atoms with Crippen molar-refractivity contribution in [3.05, 3.63) is 0 Å². The van der Waals surface area contributed by atoms with Crippen LogP contribution in [0, 0.1) is 5.41 Å². The van der Waals surface area contributed by atoms with Crippen molar-refractivity contribution >= 4 is 30.3 Å². The van der Waals surface area contributed by atoms with Gasteiger partial charge in [-0.2, -0.15) is 0 Å². The number of nitrogens with one attached hydrogen (secondary N) is 2. The van der Waals surface area contributed by atoms with Crippen molar-refractivity contribution < 1.29 is 24.0 Å². The highest BCUT2D eigenvalue weighted by Gasteiger charge is 1.92. The van der Waals surface area contributed by atoms with Crippen molar-refractivity contribution in [2.75, 3.05) is 13.1 Å². The first-order valence-electron chi connectivity index (χ1n) is 5.93. The smallest absolute Gasteiger partial charge is 0.320 e. The lowest BCUT2D eigenvalue weighted by atomic mass is 10.2. The van der Waals surface area contributed by atoms with Crippen LogP contribution in [0.4, 0.5) is 9.59 Å². The lowest BCUT2D eigenvalue weighted by molar-refractivity contribution is 0.236. The number of hydrogen-bond acceptors (Lipinski definition) is 8. The van der Waals surface area contributed by atoms with Gasteiger partial charge >= 0.3 is 12.1 Å². The third-order valence-electron chi connectivity index (χ3n) is 1.67. The molecule has 0 spiro atoms. The molecule has 0 aromatic carbocycles. The fraction of sp³-hybridized carbons (Fsp3) is 0.545. The highest BCUT2D eigenvalue weighted by molar-refractivity contribution is 5.91. The number of nitrogens with zero attached hydrogens (tertiary/aromatic N) is 2. The first-order valence-corrected chi connectivity index (χ1v) is 5.93. The van der Waals surface area contributed by atoms with Gasteiger partial charge in [0.1, 0.15) is 0 Å². The first kappa shape index (κ1) is 23.9. The van der Waals surface area contributed by atoms with E-state index in [-0.39, 0.29) is 0 Å². The van der Waals surface area contributed by atoms with Crippen LogP contribution in [0.5, 0.6) is 0 Å². The zero-order valence-electron chi connectivity index (χ0n) is 11.8. The number of carbonyl (C=O) groups is 2. The van der Waals surface area contributed by atoms with Gasteiger partial charge < -0.3 is 11.5 Å². The number of aliphatic imine (C=N–C) groups is 2. The van der Waals surface area contributed by atoms with E-state index in [1.807, 2.05) is 0 Å². The van der Waals surface area contributed by atoms with Crippen LogP contribution >= 0.6 is 0 Å². The van der Waals surface area contributed by atoms with Crippen LogP contribution in [0.25, 0.3) is 0 Å². The summed E-state index contributed by atoms with van der Waals surface area (Å²) < 4.78 is 0. The van der Waals surface area contributed by atoms with Crippen LogP contribution in [0.1, 0.15) is 25.7 Å². The molecule has 0 atom stereocenters. The van der Waals surface area contributed by atoms with Crippen molar-refractivity contribution in [2.45, 2.75) is 25.7 Å². The number of isocyanates is 3. The molecule has 11 nitrogen and oxygen atoms in total. The average Bonchev–Trinajstić information content (AvgIpc) is 2.42. The van der Waals surface area contributed by atoms with E-state index in [0.717, 1.165) is 31.8 Å². The molecule has 0 aliphatic rings. The molecule has 0 aliphatic carbocycles. The first-order chi connectivity index (χ1) is 10.5. The Balaban J connectivity index is -0.000000305. The van der Waals surface area contributed by atoms with E-state index in [0.29, 0.717) is 13.1 Å². The lowest BCUT2D eigenvalue weighted by Gasteiger charge is -1.93. The van der Waals surface area contributed by atoms with Crippen molar-refractivity contribution in [2.24, 2.45) is 21.5 Å². The van der Waals surface area contributed by atoms with Gasteiger partial charge in [-0.05, 0) is 12.8 Å². The Morgan fingerprint density at radius 2 is 1.18 bits per heavy atom. The molecule has 0 rings (SSSR count). The highest BCUT2D eigenvalue weighted by Crippen LogP contribution is 1.99. The zero-order chi connectivity index (χ0) is 17.6. The lowest BCUT2D eigenvalue weighted by Crippen LogP contribution is -2.38. The molecule has 4 amide bonds. The zero-order valence-corrected chi connectivity index (χ0v) is 11.8. The quantitative estimate of drug-likeness (QED) is 0.287. The van der Waals surface area contributed by atoms with Crippen molar-refractivity contribution in [3.8, 4) is 0 Å². The number of amides is 4. The fourth-order valence-electron chi connectivity index (χ4n) is 0.948. The van der Waals surface area contributed by atoms with Crippen molar-refractivity contribution in [3.63, 3.8) is 0 Å². The Bertz CT molecular complexity index is 400. The molecule has 0 saturated carbocycles. The van der Waals surface area contributed by atoms with Crippen LogP contribution in [-0.4, -0.2) is 43.4 Å². The summed E-state index contributed by atoms with van der Waals surface area (Å²) in [5.41, 5.74) is 8.88. The maximum Gasteiger partial charge on any atom is 0.320 e. The molecule has 122 valence electrons. The van der Waals surface area contributed by atoms with Crippen molar-refractivity contribution in [1.82, 2.24) is 5.32 Å². The van der Waals surface area contributed by atoms with Gasteiger partial charge in [0, 0.05) is 0 Å². The van der Waals surface area contributed by atoms with Gasteiger partial charge in [-0.3, -0.25) is 5.32 Å².